The van der Waals surface area contributed by atoms with Crippen molar-refractivity contribution in [1.82, 2.24) is 5.32 Å². The molecule has 3 N–H and O–H groups in total. The third-order valence-electron chi connectivity index (χ3n) is 5.48. The summed E-state index contributed by atoms with van der Waals surface area (Å²) in [7, 11) is 0. The van der Waals surface area contributed by atoms with Crippen molar-refractivity contribution in [2.45, 2.75) is 39.2 Å². The van der Waals surface area contributed by atoms with Gasteiger partial charge in [0.25, 0.3) is 0 Å². The zero-order valence-corrected chi connectivity index (χ0v) is 21.2. The molecule has 0 saturated heterocycles. The molecule has 0 spiro atoms. The van der Waals surface area contributed by atoms with Gasteiger partial charge in [-0.25, -0.2) is 4.79 Å². The Kier molecular flexibility index (Phi) is 12.4. The Morgan fingerprint density at radius 3 is 2.09 bits per heavy atom. The lowest BCUT2D eigenvalue weighted by atomic mass is 10.00. The monoisotopic (exact) mass is 500 g/mol. The number of halogens is 1. The Labute approximate surface area is 211 Å². The number of rotatable bonds is 12. The molecule has 0 fully saturated rings. The summed E-state index contributed by atoms with van der Waals surface area (Å²) in [6.45, 7) is 5.76. The Bertz CT molecular complexity index is 991. The highest BCUT2D eigenvalue weighted by molar-refractivity contribution is 7.18. The van der Waals surface area contributed by atoms with Gasteiger partial charge >= 0.3 is 5.97 Å². The van der Waals surface area contributed by atoms with Gasteiger partial charge in [0.2, 0.25) is 0 Å². The molecule has 5 nitrogen and oxygen atoms in total. The lowest BCUT2D eigenvalue weighted by molar-refractivity contribution is -0.138. The molecule has 1 aromatic heterocycles. The molecule has 1 atom stereocenters. The van der Waals surface area contributed by atoms with Crippen LogP contribution in [0.3, 0.4) is 0 Å². The predicted octanol–water partition coefficient (Wildman–Crippen LogP) is 6.92. The van der Waals surface area contributed by atoms with Crippen molar-refractivity contribution in [3.63, 3.8) is 0 Å². The van der Waals surface area contributed by atoms with Crippen LogP contribution in [0.4, 0.5) is 5.69 Å². The van der Waals surface area contributed by atoms with Crippen LogP contribution in [0.1, 0.15) is 54.4 Å². The lowest BCUT2D eigenvalue weighted by Crippen LogP contribution is -2.24. The van der Waals surface area contributed by atoms with Crippen LogP contribution in [-0.4, -0.2) is 29.9 Å². The van der Waals surface area contributed by atoms with Crippen molar-refractivity contribution >= 4 is 40.4 Å². The number of carbonyl (C=O) groups excluding carboxylic acids is 1. The Balaban J connectivity index is 0.000000240. The van der Waals surface area contributed by atoms with Crippen LogP contribution in [-0.2, 0) is 4.79 Å². The van der Waals surface area contributed by atoms with Gasteiger partial charge in [0.15, 0.2) is 11.8 Å². The van der Waals surface area contributed by atoms with E-state index in [0.717, 1.165) is 35.0 Å². The number of nitrogens with one attached hydrogen (secondary N) is 2. The first kappa shape index (κ1) is 27.6. The molecule has 3 aromatic rings. The molecular weight excluding hydrogens is 468 g/mol. The first-order chi connectivity index (χ1) is 16.4. The van der Waals surface area contributed by atoms with Crippen molar-refractivity contribution < 1.29 is 14.7 Å². The molecule has 0 aliphatic rings. The smallest absolute Gasteiger partial charge is 0.330 e. The second-order valence-electron chi connectivity index (χ2n) is 7.87. The van der Waals surface area contributed by atoms with Gasteiger partial charge in [-0.1, -0.05) is 86.8 Å². The summed E-state index contributed by atoms with van der Waals surface area (Å²) in [4.78, 5) is 23.7. The zero-order valence-electron chi connectivity index (χ0n) is 19.7. The van der Waals surface area contributed by atoms with Crippen LogP contribution < -0.4 is 10.6 Å². The summed E-state index contributed by atoms with van der Waals surface area (Å²) in [5.74, 6) is 0.0142. The van der Waals surface area contributed by atoms with Crippen molar-refractivity contribution in [1.29, 1.82) is 0 Å². The highest BCUT2D eigenvalue weighted by Crippen LogP contribution is 2.21. The first-order valence-corrected chi connectivity index (χ1v) is 12.7. The third-order valence-corrected chi connectivity index (χ3v) is 6.75. The second kappa shape index (κ2) is 15.3. The van der Waals surface area contributed by atoms with E-state index in [-0.39, 0.29) is 5.78 Å². The van der Waals surface area contributed by atoms with Crippen molar-refractivity contribution in [2.75, 3.05) is 18.4 Å². The molecule has 2 aromatic carbocycles. The van der Waals surface area contributed by atoms with Crippen molar-refractivity contribution in [3.05, 3.63) is 87.6 Å². The summed E-state index contributed by atoms with van der Waals surface area (Å²) in [6.07, 6.45) is 3.57. The number of benzene rings is 2. The van der Waals surface area contributed by atoms with E-state index >= 15 is 0 Å². The topological polar surface area (TPSA) is 78.4 Å². The van der Waals surface area contributed by atoms with Gasteiger partial charge in [-0.15, -0.1) is 11.3 Å². The minimum Gasteiger partial charge on any atom is -0.479 e. The summed E-state index contributed by atoms with van der Waals surface area (Å²) in [5.41, 5.74) is 1.53. The number of thiophene rings is 1. The number of carboxylic acid groups (broad SMARTS) is 1. The van der Waals surface area contributed by atoms with Crippen LogP contribution in [0.5, 0.6) is 0 Å². The molecular formula is C27H33ClN2O3S. The number of para-hydroxylation sites is 1. The lowest BCUT2D eigenvalue weighted by Gasteiger charge is -2.15. The van der Waals surface area contributed by atoms with Gasteiger partial charge in [0.1, 0.15) is 0 Å². The largest absolute Gasteiger partial charge is 0.479 e. The van der Waals surface area contributed by atoms with Crippen LogP contribution >= 0.6 is 22.9 Å². The summed E-state index contributed by atoms with van der Waals surface area (Å²) >= 11 is 7.14. The van der Waals surface area contributed by atoms with Gasteiger partial charge in [-0.3, -0.25) is 4.79 Å². The molecule has 182 valence electrons. The van der Waals surface area contributed by atoms with E-state index in [1.807, 2.05) is 48.5 Å². The number of aliphatic carboxylic acids is 1. The number of ketones is 1. The van der Waals surface area contributed by atoms with Gasteiger partial charge in [-0.05, 0) is 48.7 Å². The van der Waals surface area contributed by atoms with E-state index in [1.54, 1.807) is 24.3 Å². The van der Waals surface area contributed by atoms with Gasteiger partial charge in [0.05, 0.1) is 15.8 Å². The fourth-order valence-electron chi connectivity index (χ4n) is 3.39. The Hall–Kier alpha value is -2.67. The maximum absolute atomic E-state index is 11.7. The van der Waals surface area contributed by atoms with E-state index in [9.17, 15) is 14.7 Å². The number of hydrogen-bond donors (Lipinski definition) is 3. The maximum Gasteiger partial charge on any atom is 0.330 e. The molecule has 0 saturated carbocycles. The van der Waals surface area contributed by atoms with Crippen molar-refractivity contribution in [2.24, 2.45) is 5.92 Å². The molecule has 0 amide bonds. The number of Topliss-reactive ketones (excluding diaryl/α,β-unsaturated/α-hetero) is 1. The molecule has 0 bridgehead atoms. The first-order valence-electron chi connectivity index (χ1n) is 11.5. The summed E-state index contributed by atoms with van der Waals surface area (Å²) in [6, 6.07) is 21.3. The van der Waals surface area contributed by atoms with E-state index in [2.05, 4.69) is 24.5 Å². The average molecular weight is 501 g/mol. The van der Waals surface area contributed by atoms with Gasteiger partial charge in [0, 0.05) is 5.69 Å². The molecule has 0 aliphatic carbocycles. The number of anilines is 1. The highest BCUT2D eigenvalue weighted by Gasteiger charge is 2.18. The third kappa shape index (κ3) is 9.67. The second-order valence-corrected chi connectivity index (χ2v) is 9.58. The van der Waals surface area contributed by atoms with E-state index < -0.39 is 12.0 Å². The Morgan fingerprint density at radius 1 is 0.941 bits per heavy atom. The van der Waals surface area contributed by atoms with E-state index in [0.29, 0.717) is 10.9 Å². The maximum atomic E-state index is 11.7. The minimum absolute atomic E-state index is 0.131. The van der Waals surface area contributed by atoms with Crippen molar-refractivity contribution in [3.8, 4) is 0 Å². The molecule has 0 aliphatic heterocycles. The minimum atomic E-state index is -0.889. The molecule has 7 heteroatoms. The predicted molar refractivity (Wildman–Crippen MR) is 142 cm³/mol. The van der Waals surface area contributed by atoms with E-state index in [1.165, 1.54) is 24.2 Å². The SMILES string of the molecule is CCC(CC)CCNCC(=O)c1ccc(Cl)s1.O=C(O)C(Nc1ccccc1)c1ccccc1. The number of carboxylic acids is 1. The van der Waals surface area contributed by atoms with Crippen LogP contribution in [0.2, 0.25) is 4.34 Å². The average Bonchev–Trinajstić information content (AvgIpc) is 3.30. The molecule has 1 unspecified atom stereocenters. The van der Waals surface area contributed by atoms with E-state index in [4.69, 9.17) is 11.6 Å². The quantitative estimate of drug-likeness (QED) is 0.186. The summed E-state index contributed by atoms with van der Waals surface area (Å²) < 4.78 is 0.672. The molecule has 1 heterocycles. The normalized spacial score (nSPS) is 11.4. The molecule has 34 heavy (non-hydrogen) atoms. The van der Waals surface area contributed by atoms with Crippen LogP contribution in [0, 0.1) is 5.92 Å². The van der Waals surface area contributed by atoms with Crippen LogP contribution in [0.15, 0.2) is 72.8 Å². The zero-order chi connectivity index (χ0) is 24.8. The standard InChI is InChI=1S/C14H13NO2.C13H20ClNOS/c16-14(17)13(11-7-3-1-4-8-11)15-12-9-5-2-6-10-12;1-3-10(4-2)7-8-15-9-11(16)12-5-6-13(14)17-12/h1-10,13,15H,(H,16,17);5-6,10,15H,3-4,7-9H2,1-2H3. The van der Waals surface area contributed by atoms with Gasteiger partial charge < -0.3 is 15.7 Å². The highest BCUT2D eigenvalue weighted by atomic mass is 35.5. The Morgan fingerprint density at radius 2 is 1.56 bits per heavy atom. The summed E-state index contributed by atoms with van der Waals surface area (Å²) in [5, 5.41) is 15.4. The van der Waals surface area contributed by atoms with Gasteiger partial charge in [-0.2, -0.15) is 0 Å². The number of hydrogen-bond acceptors (Lipinski definition) is 5. The number of carbonyl (C=O) groups is 2. The fraction of sp³-hybridized carbons (Fsp3) is 0.333. The molecule has 3 rings (SSSR count). The fourth-order valence-corrected chi connectivity index (χ4v) is 4.37. The molecule has 0 radical (unpaired) electrons. The van der Waals surface area contributed by atoms with Crippen LogP contribution in [0.25, 0.3) is 0 Å².